The summed E-state index contributed by atoms with van der Waals surface area (Å²) in [6, 6.07) is 12.5. The maximum absolute atomic E-state index is 5.87. The largest absolute Gasteiger partial charge is 0.496 e. The molecule has 5 heteroatoms. The Bertz CT molecular complexity index is 897. The van der Waals surface area contributed by atoms with Crippen LogP contribution in [0.4, 0.5) is 5.69 Å². The topological polar surface area (TPSA) is 48.3 Å². The van der Waals surface area contributed by atoms with Gasteiger partial charge in [-0.1, -0.05) is 12.1 Å². The molecule has 1 fully saturated rings. The molecule has 1 aliphatic heterocycles. The first-order chi connectivity index (χ1) is 12.8. The van der Waals surface area contributed by atoms with Crippen molar-refractivity contribution in [3.63, 3.8) is 0 Å². The highest BCUT2D eigenvalue weighted by Crippen LogP contribution is 2.28. The van der Waals surface area contributed by atoms with Crippen LogP contribution in [0.25, 0.3) is 10.9 Å². The number of nitrogens with zero attached hydrogens (tertiary/aromatic N) is 2. The van der Waals surface area contributed by atoms with Crippen LogP contribution >= 0.6 is 0 Å². The summed E-state index contributed by atoms with van der Waals surface area (Å²) in [5, 5.41) is 9.20. The Morgan fingerprint density at radius 1 is 1.27 bits per heavy atom. The third-order valence-corrected chi connectivity index (χ3v) is 5.12. The van der Waals surface area contributed by atoms with E-state index in [0.29, 0.717) is 0 Å². The van der Waals surface area contributed by atoms with Gasteiger partial charge in [-0.15, -0.1) is 0 Å². The third kappa shape index (κ3) is 3.27. The SMILES string of the molecule is COc1cccc(CNc2ccc3c(cnn3C3CCCCO3)c2)c1C. The van der Waals surface area contributed by atoms with E-state index in [1.54, 1.807) is 7.11 Å². The Kier molecular flexibility index (Phi) is 4.80. The standard InChI is InChI=1S/C21H25N3O2/c1-15-16(6-5-7-20(15)25-2)13-22-18-9-10-19-17(12-18)14-23-24(19)21-8-3-4-11-26-21/h5-7,9-10,12,14,21-22H,3-4,8,11,13H2,1-2H3. The van der Waals surface area contributed by atoms with Crippen molar-refractivity contribution in [2.75, 3.05) is 19.0 Å². The minimum Gasteiger partial charge on any atom is -0.496 e. The van der Waals surface area contributed by atoms with Gasteiger partial charge < -0.3 is 14.8 Å². The first-order valence-corrected chi connectivity index (χ1v) is 9.21. The van der Waals surface area contributed by atoms with Crippen molar-refractivity contribution in [2.45, 2.75) is 39.0 Å². The van der Waals surface area contributed by atoms with Gasteiger partial charge in [0.2, 0.25) is 0 Å². The average molecular weight is 351 g/mol. The number of hydrogen-bond acceptors (Lipinski definition) is 4. The maximum Gasteiger partial charge on any atom is 0.150 e. The Morgan fingerprint density at radius 2 is 2.19 bits per heavy atom. The number of anilines is 1. The van der Waals surface area contributed by atoms with Crippen molar-refractivity contribution in [3.05, 3.63) is 53.7 Å². The lowest BCUT2D eigenvalue weighted by atomic mass is 10.1. The third-order valence-electron chi connectivity index (χ3n) is 5.12. The number of fused-ring (bicyclic) bond motifs is 1. The van der Waals surface area contributed by atoms with E-state index in [0.717, 1.165) is 48.3 Å². The molecule has 3 aromatic rings. The fourth-order valence-electron chi connectivity index (χ4n) is 3.58. The monoisotopic (exact) mass is 351 g/mol. The van der Waals surface area contributed by atoms with Crippen molar-refractivity contribution in [1.29, 1.82) is 0 Å². The number of ether oxygens (including phenoxy) is 2. The van der Waals surface area contributed by atoms with E-state index in [9.17, 15) is 0 Å². The minimum absolute atomic E-state index is 0.0690. The molecule has 1 saturated heterocycles. The van der Waals surface area contributed by atoms with Gasteiger partial charge in [-0.2, -0.15) is 5.10 Å². The summed E-state index contributed by atoms with van der Waals surface area (Å²) in [5.74, 6) is 0.925. The lowest BCUT2D eigenvalue weighted by Gasteiger charge is -2.23. The van der Waals surface area contributed by atoms with Gasteiger partial charge >= 0.3 is 0 Å². The Labute approximate surface area is 153 Å². The summed E-state index contributed by atoms with van der Waals surface area (Å²) in [7, 11) is 1.71. The molecule has 5 nitrogen and oxygen atoms in total. The lowest BCUT2D eigenvalue weighted by Crippen LogP contribution is -2.18. The number of nitrogens with one attached hydrogen (secondary N) is 1. The zero-order valence-corrected chi connectivity index (χ0v) is 15.4. The predicted octanol–water partition coefficient (Wildman–Crippen LogP) is 4.66. The van der Waals surface area contributed by atoms with Gasteiger partial charge in [-0.3, -0.25) is 0 Å². The van der Waals surface area contributed by atoms with Crippen molar-refractivity contribution in [1.82, 2.24) is 9.78 Å². The van der Waals surface area contributed by atoms with Crippen molar-refractivity contribution in [2.24, 2.45) is 0 Å². The highest BCUT2D eigenvalue weighted by Gasteiger charge is 2.18. The molecule has 1 N–H and O–H groups in total. The number of hydrogen-bond donors (Lipinski definition) is 1. The number of benzene rings is 2. The Hall–Kier alpha value is -2.53. The summed E-state index contributed by atoms with van der Waals surface area (Å²) < 4.78 is 13.3. The zero-order valence-electron chi connectivity index (χ0n) is 15.4. The van der Waals surface area contributed by atoms with E-state index in [2.05, 4.69) is 41.6 Å². The van der Waals surface area contributed by atoms with Gasteiger partial charge in [0.05, 0.1) is 18.8 Å². The van der Waals surface area contributed by atoms with Gasteiger partial charge in [0.25, 0.3) is 0 Å². The van der Waals surface area contributed by atoms with Crippen LogP contribution in [0, 0.1) is 6.92 Å². The fourth-order valence-corrected chi connectivity index (χ4v) is 3.58. The van der Waals surface area contributed by atoms with Gasteiger partial charge in [0.15, 0.2) is 6.23 Å². The quantitative estimate of drug-likeness (QED) is 0.726. The van der Waals surface area contributed by atoms with Gasteiger partial charge in [0, 0.05) is 24.2 Å². The fraction of sp³-hybridized carbons (Fsp3) is 0.381. The van der Waals surface area contributed by atoms with Crippen LogP contribution in [-0.4, -0.2) is 23.5 Å². The second-order valence-corrected chi connectivity index (χ2v) is 6.78. The van der Waals surface area contributed by atoms with E-state index in [1.165, 1.54) is 17.5 Å². The van der Waals surface area contributed by atoms with Crippen LogP contribution in [0.5, 0.6) is 5.75 Å². The smallest absolute Gasteiger partial charge is 0.150 e. The molecule has 2 aromatic carbocycles. The summed E-state index contributed by atoms with van der Waals surface area (Å²) in [6.07, 6.45) is 5.37. The van der Waals surface area contributed by atoms with E-state index in [4.69, 9.17) is 9.47 Å². The van der Waals surface area contributed by atoms with Crippen LogP contribution in [0.1, 0.15) is 36.6 Å². The van der Waals surface area contributed by atoms with E-state index in [1.807, 2.05) is 23.0 Å². The van der Waals surface area contributed by atoms with Gasteiger partial charge in [-0.05, 0) is 61.6 Å². The molecular formula is C21H25N3O2. The molecule has 0 aliphatic carbocycles. The van der Waals surface area contributed by atoms with Crippen LogP contribution in [-0.2, 0) is 11.3 Å². The molecule has 1 aromatic heterocycles. The second kappa shape index (κ2) is 7.38. The van der Waals surface area contributed by atoms with Gasteiger partial charge in [0.1, 0.15) is 5.75 Å². The molecule has 2 heterocycles. The van der Waals surface area contributed by atoms with Crippen molar-refractivity contribution >= 4 is 16.6 Å². The molecule has 1 aliphatic rings. The highest BCUT2D eigenvalue weighted by atomic mass is 16.5. The highest BCUT2D eigenvalue weighted by molar-refractivity contribution is 5.82. The number of methoxy groups -OCH3 is 1. The molecule has 4 rings (SSSR count). The molecule has 136 valence electrons. The van der Waals surface area contributed by atoms with Crippen LogP contribution < -0.4 is 10.1 Å². The first kappa shape index (κ1) is 16.9. The van der Waals surface area contributed by atoms with Crippen LogP contribution in [0.15, 0.2) is 42.6 Å². The number of rotatable bonds is 5. The summed E-state index contributed by atoms with van der Waals surface area (Å²) in [5.41, 5.74) is 4.62. The normalized spacial score (nSPS) is 17.4. The zero-order chi connectivity index (χ0) is 17.9. The summed E-state index contributed by atoms with van der Waals surface area (Å²) >= 11 is 0. The van der Waals surface area contributed by atoms with Crippen LogP contribution in [0.2, 0.25) is 0 Å². The average Bonchev–Trinajstić information content (AvgIpc) is 3.11. The Balaban J connectivity index is 1.51. The van der Waals surface area contributed by atoms with E-state index in [-0.39, 0.29) is 6.23 Å². The van der Waals surface area contributed by atoms with Gasteiger partial charge in [-0.25, -0.2) is 4.68 Å². The molecule has 1 atom stereocenters. The molecule has 0 bridgehead atoms. The predicted molar refractivity (Wildman–Crippen MR) is 104 cm³/mol. The lowest BCUT2D eigenvalue weighted by molar-refractivity contribution is -0.0366. The van der Waals surface area contributed by atoms with Crippen molar-refractivity contribution < 1.29 is 9.47 Å². The van der Waals surface area contributed by atoms with Crippen LogP contribution in [0.3, 0.4) is 0 Å². The summed E-state index contributed by atoms with van der Waals surface area (Å²) in [4.78, 5) is 0. The van der Waals surface area contributed by atoms with E-state index >= 15 is 0 Å². The molecular weight excluding hydrogens is 326 g/mol. The first-order valence-electron chi connectivity index (χ1n) is 9.21. The molecule has 0 radical (unpaired) electrons. The molecule has 0 saturated carbocycles. The summed E-state index contributed by atoms with van der Waals surface area (Å²) in [6.45, 7) is 3.67. The van der Waals surface area contributed by atoms with E-state index < -0.39 is 0 Å². The molecule has 0 spiro atoms. The van der Waals surface area contributed by atoms with Crippen molar-refractivity contribution in [3.8, 4) is 5.75 Å². The second-order valence-electron chi connectivity index (χ2n) is 6.78. The molecule has 1 unspecified atom stereocenters. The Morgan fingerprint density at radius 3 is 3.00 bits per heavy atom. The molecule has 26 heavy (non-hydrogen) atoms. The number of aromatic nitrogens is 2. The maximum atomic E-state index is 5.87. The minimum atomic E-state index is 0.0690. The molecule has 0 amide bonds.